The third kappa shape index (κ3) is 4.26. The molecule has 2 nitrogen and oxygen atoms in total. The Morgan fingerprint density at radius 1 is 0.941 bits per heavy atom. The SMILES string of the molecule is CC(C)NC1CCCN(C2CCCCCC2)C1. The van der Waals surface area contributed by atoms with Gasteiger partial charge in [-0.05, 0) is 32.2 Å². The van der Waals surface area contributed by atoms with E-state index in [1.54, 1.807) is 0 Å². The molecule has 0 amide bonds. The smallest absolute Gasteiger partial charge is 0.0197 e. The van der Waals surface area contributed by atoms with E-state index in [-0.39, 0.29) is 0 Å². The molecule has 17 heavy (non-hydrogen) atoms. The molecule has 2 heteroatoms. The molecule has 0 radical (unpaired) electrons. The Morgan fingerprint density at radius 2 is 1.65 bits per heavy atom. The van der Waals surface area contributed by atoms with E-state index in [9.17, 15) is 0 Å². The molecule has 1 atom stereocenters. The molecule has 1 N–H and O–H groups in total. The summed E-state index contributed by atoms with van der Waals surface area (Å²) in [6, 6.07) is 2.27. The standard InChI is InChI=1S/C15H30N2/c1-13(2)16-14-8-7-11-17(12-14)15-9-5-3-4-6-10-15/h13-16H,3-12H2,1-2H3. The van der Waals surface area contributed by atoms with Crippen molar-refractivity contribution in [3.8, 4) is 0 Å². The lowest BCUT2D eigenvalue weighted by atomic mass is 9.99. The first kappa shape index (κ1) is 13.4. The van der Waals surface area contributed by atoms with Gasteiger partial charge in [0, 0.05) is 24.7 Å². The molecule has 1 aliphatic heterocycles. The Balaban J connectivity index is 1.82. The van der Waals surface area contributed by atoms with E-state index in [0.29, 0.717) is 6.04 Å². The molecule has 1 aliphatic carbocycles. The summed E-state index contributed by atoms with van der Waals surface area (Å²) in [6.45, 7) is 7.18. The minimum atomic E-state index is 0.633. The predicted molar refractivity (Wildman–Crippen MR) is 74.4 cm³/mol. The molecule has 100 valence electrons. The van der Waals surface area contributed by atoms with Crippen LogP contribution in [0.3, 0.4) is 0 Å². The van der Waals surface area contributed by atoms with Gasteiger partial charge < -0.3 is 5.32 Å². The van der Waals surface area contributed by atoms with Gasteiger partial charge in [-0.15, -0.1) is 0 Å². The highest BCUT2D eigenvalue weighted by Gasteiger charge is 2.26. The molecular formula is C15H30N2. The van der Waals surface area contributed by atoms with Crippen LogP contribution in [0.25, 0.3) is 0 Å². The van der Waals surface area contributed by atoms with Gasteiger partial charge in [0.25, 0.3) is 0 Å². The van der Waals surface area contributed by atoms with Crippen molar-refractivity contribution in [2.75, 3.05) is 13.1 Å². The fourth-order valence-corrected chi connectivity index (χ4v) is 3.57. The number of rotatable bonds is 3. The minimum absolute atomic E-state index is 0.633. The quantitative estimate of drug-likeness (QED) is 0.760. The second kappa shape index (κ2) is 6.75. The van der Waals surface area contributed by atoms with Gasteiger partial charge in [-0.3, -0.25) is 4.90 Å². The van der Waals surface area contributed by atoms with E-state index < -0.39 is 0 Å². The average molecular weight is 238 g/mol. The largest absolute Gasteiger partial charge is 0.311 e. The highest BCUT2D eigenvalue weighted by molar-refractivity contribution is 4.84. The molecule has 1 saturated heterocycles. The molecular weight excluding hydrogens is 208 g/mol. The Hall–Kier alpha value is -0.0800. The highest BCUT2D eigenvalue weighted by Crippen LogP contribution is 2.24. The maximum Gasteiger partial charge on any atom is 0.0197 e. The van der Waals surface area contributed by atoms with Crippen LogP contribution in [0.15, 0.2) is 0 Å². The minimum Gasteiger partial charge on any atom is -0.311 e. The summed E-state index contributed by atoms with van der Waals surface area (Å²) in [5.74, 6) is 0. The topological polar surface area (TPSA) is 15.3 Å². The summed E-state index contributed by atoms with van der Waals surface area (Å²) < 4.78 is 0. The molecule has 1 heterocycles. The molecule has 0 spiro atoms. The fourth-order valence-electron chi connectivity index (χ4n) is 3.57. The van der Waals surface area contributed by atoms with Crippen molar-refractivity contribution in [3.63, 3.8) is 0 Å². The van der Waals surface area contributed by atoms with E-state index in [1.165, 1.54) is 64.5 Å². The lowest BCUT2D eigenvalue weighted by Crippen LogP contribution is -2.51. The van der Waals surface area contributed by atoms with Crippen LogP contribution in [-0.2, 0) is 0 Å². The van der Waals surface area contributed by atoms with Crippen LogP contribution in [0.5, 0.6) is 0 Å². The maximum absolute atomic E-state index is 3.72. The molecule has 1 unspecified atom stereocenters. The fraction of sp³-hybridized carbons (Fsp3) is 1.00. The first-order valence-corrected chi connectivity index (χ1v) is 7.76. The molecule has 0 aromatic carbocycles. The molecule has 0 aromatic heterocycles. The number of likely N-dealkylation sites (tertiary alicyclic amines) is 1. The second-order valence-electron chi connectivity index (χ2n) is 6.30. The second-order valence-corrected chi connectivity index (χ2v) is 6.30. The van der Waals surface area contributed by atoms with E-state index in [0.717, 1.165) is 12.1 Å². The van der Waals surface area contributed by atoms with Gasteiger partial charge in [0.15, 0.2) is 0 Å². The lowest BCUT2D eigenvalue weighted by Gasteiger charge is -2.39. The van der Waals surface area contributed by atoms with Crippen molar-refractivity contribution in [1.82, 2.24) is 10.2 Å². The van der Waals surface area contributed by atoms with E-state index >= 15 is 0 Å². The van der Waals surface area contributed by atoms with Crippen LogP contribution in [0.2, 0.25) is 0 Å². The summed E-state index contributed by atoms with van der Waals surface area (Å²) in [7, 11) is 0. The Bertz CT molecular complexity index is 207. The predicted octanol–water partition coefficient (Wildman–Crippen LogP) is 3.17. The summed E-state index contributed by atoms with van der Waals surface area (Å²) in [5, 5.41) is 3.72. The summed E-state index contributed by atoms with van der Waals surface area (Å²) >= 11 is 0. The lowest BCUT2D eigenvalue weighted by molar-refractivity contribution is 0.122. The van der Waals surface area contributed by atoms with Gasteiger partial charge in [-0.1, -0.05) is 39.5 Å². The van der Waals surface area contributed by atoms with Crippen molar-refractivity contribution in [2.45, 2.75) is 83.3 Å². The maximum atomic E-state index is 3.72. The van der Waals surface area contributed by atoms with E-state index in [2.05, 4.69) is 24.1 Å². The molecule has 0 bridgehead atoms. The van der Waals surface area contributed by atoms with Crippen molar-refractivity contribution < 1.29 is 0 Å². The van der Waals surface area contributed by atoms with E-state index in [4.69, 9.17) is 0 Å². The first-order valence-electron chi connectivity index (χ1n) is 7.76. The third-order valence-electron chi connectivity index (χ3n) is 4.36. The summed E-state index contributed by atoms with van der Waals surface area (Å²) in [6.07, 6.45) is 11.5. The molecule has 1 saturated carbocycles. The van der Waals surface area contributed by atoms with E-state index in [1.807, 2.05) is 0 Å². The zero-order valence-electron chi connectivity index (χ0n) is 11.8. The van der Waals surface area contributed by atoms with Crippen LogP contribution >= 0.6 is 0 Å². The van der Waals surface area contributed by atoms with Crippen molar-refractivity contribution >= 4 is 0 Å². The molecule has 0 aromatic rings. The Labute approximate surface area is 107 Å². The Kier molecular flexibility index (Phi) is 5.30. The van der Waals surface area contributed by atoms with Gasteiger partial charge >= 0.3 is 0 Å². The zero-order chi connectivity index (χ0) is 12.1. The number of hydrogen-bond donors (Lipinski definition) is 1. The van der Waals surface area contributed by atoms with Crippen LogP contribution in [0.1, 0.15) is 65.2 Å². The van der Waals surface area contributed by atoms with Gasteiger partial charge in [0.2, 0.25) is 0 Å². The third-order valence-corrected chi connectivity index (χ3v) is 4.36. The Morgan fingerprint density at radius 3 is 2.29 bits per heavy atom. The van der Waals surface area contributed by atoms with Gasteiger partial charge in [0.05, 0.1) is 0 Å². The van der Waals surface area contributed by atoms with Crippen LogP contribution in [0, 0.1) is 0 Å². The molecule has 2 rings (SSSR count). The summed E-state index contributed by atoms with van der Waals surface area (Å²) in [4.78, 5) is 2.79. The number of nitrogens with zero attached hydrogens (tertiary/aromatic N) is 1. The molecule has 2 fully saturated rings. The number of nitrogens with one attached hydrogen (secondary N) is 1. The van der Waals surface area contributed by atoms with Crippen molar-refractivity contribution in [3.05, 3.63) is 0 Å². The van der Waals surface area contributed by atoms with Gasteiger partial charge in [-0.2, -0.15) is 0 Å². The number of piperidine rings is 1. The normalized spacial score (nSPS) is 29.5. The van der Waals surface area contributed by atoms with Crippen molar-refractivity contribution in [1.29, 1.82) is 0 Å². The average Bonchev–Trinajstić information content (AvgIpc) is 2.57. The molecule has 2 aliphatic rings. The first-order chi connectivity index (χ1) is 8.25. The van der Waals surface area contributed by atoms with Gasteiger partial charge in [-0.25, -0.2) is 0 Å². The monoisotopic (exact) mass is 238 g/mol. The van der Waals surface area contributed by atoms with Crippen LogP contribution < -0.4 is 5.32 Å². The highest BCUT2D eigenvalue weighted by atomic mass is 15.2. The van der Waals surface area contributed by atoms with Crippen LogP contribution in [0.4, 0.5) is 0 Å². The van der Waals surface area contributed by atoms with Crippen molar-refractivity contribution in [2.24, 2.45) is 0 Å². The zero-order valence-corrected chi connectivity index (χ0v) is 11.8. The van der Waals surface area contributed by atoms with Gasteiger partial charge in [0.1, 0.15) is 0 Å². The van der Waals surface area contributed by atoms with Crippen LogP contribution in [-0.4, -0.2) is 36.1 Å². The number of hydrogen-bond acceptors (Lipinski definition) is 2. The summed E-state index contributed by atoms with van der Waals surface area (Å²) in [5.41, 5.74) is 0.